The Morgan fingerprint density at radius 2 is 2.08 bits per heavy atom. The third-order valence-corrected chi connectivity index (χ3v) is 4.56. The lowest BCUT2D eigenvalue weighted by atomic mass is 10.1. The average molecular weight is 322 g/mol. The Kier molecular flexibility index (Phi) is 5.42. The molecule has 5 nitrogen and oxygen atoms in total. The number of nitriles is 1. The first-order valence-electron chi connectivity index (χ1n) is 8.32. The van der Waals surface area contributed by atoms with E-state index in [-0.39, 0.29) is 12.6 Å². The lowest BCUT2D eigenvalue weighted by Gasteiger charge is -2.24. The molecule has 5 heteroatoms. The van der Waals surface area contributed by atoms with Gasteiger partial charge in [0.15, 0.2) is 0 Å². The van der Waals surface area contributed by atoms with Crippen LogP contribution in [0.4, 0.5) is 5.69 Å². The van der Waals surface area contributed by atoms with E-state index >= 15 is 0 Å². The molecule has 1 aliphatic heterocycles. The molecule has 1 aliphatic rings. The van der Waals surface area contributed by atoms with Crippen molar-refractivity contribution < 1.29 is 5.11 Å². The molecule has 1 unspecified atom stereocenters. The fourth-order valence-corrected chi connectivity index (χ4v) is 3.17. The average Bonchev–Trinajstić information content (AvgIpc) is 3.08. The van der Waals surface area contributed by atoms with Gasteiger partial charge in [-0.2, -0.15) is 5.26 Å². The molecule has 2 heterocycles. The smallest absolute Gasteiger partial charge is 0.140 e. The highest BCUT2D eigenvalue weighted by Gasteiger charge is 2.24. The molecule has 0 amide bonds. The number of aliphatic hydroxyl groups excluding tert-OH is 1. The van der Waals surface area contributed by atoms with E-state index in [0.29, 0.717) is 12.2 Å². The van der Waals surface area contributed by atoms with E-state index < -0.39 is 0 Å². The zero-order valence-electron chi connectivity index (χ0n) is 13.7. The van der Waals surface area contributed by atoms with Gasteiger partial charge < -0.3 is 10.4 Å². The van der Waals surface area contributed by atoms with Crippen molar-refractivity contribution >= 4 is 5.69 Å². The summed E-state index contributed by atoms with van der Waals surface area (Å²) in [6.45, 7) is 2.86. The molecule has 0 spiro atoms. The third kappa shape index (κ3) is 3.91. The van der Waals surface area contributed by atoms with Crippen molar-refractivity contribution in [2.75, 3.05) is 18.5 Å². The monoisotopic (exact) mass is 322 g/mol. The first-order chi connectivity index (χ1) is 11.8. The highest BCUT2D eigenvalue weighted by Crippen LogP contribution is 2.22. The SMILES string of the molecule is N#Cc1ccc(NCc2ccccc2CN2CCCC2CO)cn1. The van der Waals surface area contributed by atoms with Gasteiger partial charge >= 0.3 is 0 Å². The van der Waals surface area contributed by atoms with Crippen molar-refractivity contribution in [3.05, 3.63) is 59.4 Å². The number of nitrogens with one attached hydrogen (secondary N) is 1. The van der Waals surface area contributed by atoms with Gasteiger partial charge in [0, 0.05) is 19.1 Å². The topological polar surface area (TPSA) is 72.2 Å². The predicted molar refractivity (Wildman–Crippen MR) is 93.2 cm³/mol. The Labute approximate surface area is 142 Å². The minimum Gasteiger partial charge on any atom is -0.395 e. The minimum atomic E-state index is 0.233. The van der Waals surface area contributed by atoms with Gasteiger partial charge in [0.05, 0.1) is 18.5 Å². The molecule has 2 N–H and O–H groups in total. The molecule has 1 fully saturated rings. The van der Waals surface area contributed by atoms with Gasteiger partial charge in [-0.3, -0.25) is 4.90 Å². The Morgan fingerprint density at radius 3 is 2.79 bits per heavy atom. The first kappa shape index (κ1) is 16.4. The molecule has 2 aromatic rings. The number of pyridine rings is 1. The number of aliphatic hydroxyl groups is 1. The molecule has 0 radical (unpaired) electrons. The number of likely N-dealkylation sites (tertiary alicyclic amines) is 1. The first-order valence-corrected chi connectivity index (χ1v) is 8.32. The maximum atomic E-state index is 9.49. The number of benzene rings is 1. The van der Waals surface area contributed by atoms with Crippen LogP contribution < -0.4 is 5.32 Å². The molecule has 0 bridgehead atoms. The Bertz CT molecular complexity index is 708. The molecule has 0 aliphatic carbocycles. The summed E-state index contributed by atoms with van der Waals surface area (Å²) in [7, 11) is 0. The summed E-state index contributed by atoms with van der Waals surface area (Å²) in [6, 6.07) is 14.3. The zero-order valence-corrected chi connectivity index (χ0v) is 13.7. The van der Waals surface area contributed by atoms with Crippen LogP contribution >= 0.6 is 0 Å². The van der Waals surface area contributed by atoms with Crippen LogP contribution in [0.3, 0.4) is 0 Å². The Balaban J connectivity index is 1.66. The van der Waals surface area contributed by atoms with E-state index in [1.807, 2.05) is 18.2 Å². The number of hydrogen-bond donors (Lipinski definition) is 2. The van der Waals surface area contributed by atoms with E-state index in [4.69, 9.17) is 5.26 Å². The fraction of sp³-hybridized carbons (Fsp3) is 0.368. The number of nitrogens with zero attached hydrogens (tertiary/aromatic N) is 3. The van der Waals surface area contributed by atoms with Crippen LogP contribution in [0, 0.1) is 11.3 Å². The highest BCUT2D eigenvalue weighted by molar-refractivity contribution is 5.44. The molecule has 1 atom stereocenters. The zero-order chi connectivity index (χ0) is 16.8. The van der Waals surface area contributed by atoms with E-state index in [1.165, 1.54) is 11.1 Å². The summed E-state index contributed by atoms with van der Waals surface area (Å²) >= 11 is 0. The van der Waals surface area contributed by atoms with E-state index in [0.717, 1.165) is 31.6 Å². The largest absolute Gasteiger partial charge is 0.395 e. The Morgan fingerprint density at radius 1 is 1.25 bits per heavy atom. The van der Waals surface area contributed by atoms with Crippen molar-refractivity contribution in [3.63, 3.8) is 0 Å². The van der Waals surface area contributed by atoms with Crippen molar-refractivity contribution in [2.45, 2.75) is 32.0 Å². The van der Waals surface area contributed by atoms with Gasteiger partial charge in [-0.05, 0) is 42.6 Å². The van der Waals surface area contributed by atoms with Crippen molar-refractivity contribution in [1.82, 2.24) is 9.88 Å². The summed E-state index contributed by atoms with van der Waals surface area (Å²) in [6.07, 6.45) is 3.92. The molecule has 0 saturated carbocycles. The van der Waals surface area contributed by atoms with Crippen LogP contribution in [-0.4, -0.2) is 34.2 Å². The second-order valence-electron chi connectivity index (χ2n) is 6.12. The van der Waals surface area contributed by atoms with Crippen molar-refractivity contribution in [2.24, 2.45) is 0 Å². The van der Waals surface area contributed by atoms with Gasteiger partial charge in [0.25, 0.3) is 0 Å². The third-order valence-electron chi connectivity index (χ3n) is 4.56. The van der Waals surface area contributed by atoms with Crippen LogP contribution in [0.15, 0.2) is 42.6 Å². The second-order valence-corrected chi connectivity index (χ2v) is 6.12. The van der Waals surface area contributed by atoms with E-state index in [1.54, 1.807) is 12.3 Å². The molecule has 1 aromatic carbocycles. The van der Waals surface area contributed by atoms with Crippen LogP contribution in [0.5, 0.6) is 0 Å². The Hall–Kier alpha value is -2.42. The number of anilines is 1. The lowest BCUT2D eigenvalue weighted by molar-refractivity contribution is 0.153. The molecule has 1 saturated heterocycles. The predicted octanol–water partition coefficient (Wildman–Crippen LogP) is 2.52. The normalized spacial score (nSPS) is 17.6. The molecule has 124 valence electrons. The standard InChI is InChI=1S/C19H22N4O/c20-10-17-7-8-18(12-22-17)21-11-15-4-1-2-5-16(15)13-23-9-3-6-19(23)14-24/h1-2,4-5,7-8,12,19,21,24H,3,6,9,11,13-14H2. The van der Waals surface area contributed by atoms with Gasteiger partial charge in [0.2, 0.25) is 0 Å². The summed E-state index contributed by atoms with van der Waals surface area (Å²) < 4.78 is 0. The minimum absolute atomic E-state index is 0.233. The molecular weight excluding hydrogens is 300 g/mol. The van der Waals surface area contributed by atoms with E-state index in [9.17, 15) is 5.11 Å². The fourth-order valence-electron chi connectivity index (χ4n) is 3.17. The molecule has 1 aromatic heterocycles. The second kappa shape index (κ2) is 7.91. The summed E-state index contributed by atoms with van der Waals surface area (Å²) in [5.41, 5.74) is 3.85. The molecule has 24 heavy (non-hydrogen) atoms. The van der Waals surface area contributed by atoms with Crippen molar-refractivity contribution in [3.8, 4) is 6.07 Å². The lowest BCUT2D eigenvalue weighted by Crippen LogP contribution is -2.32. The van der Waals surface area contributed by atoms with E-state index in [2.05, 4.69) is 33.4 Å². The number of rotatable bonds is 6. The number of hydrogen-bond acceptors (Lipinski definition) is 5. The summed E-state index contributed by atoms with van der Waals surface area (Å²) in [5, 5.41) is 21.7. The maximum Gasteiger partial charge on any atom is 0.140 e. The molecular formula is C19H22N4O. The number of aromatic nitrogens is 1. The maximum absolute atomic E-state index is 9.49. The summed E-state index contributed by atoms with van der Waals surface area (Å²) in [4.78, 5) is 6.44. The molecule has 3 rings (SSSR count). The van der Waals surface area contributed by atoms with Gasteiger partial charge in [0.1, 0.15) is 11.8 Å². The van der Waals surface area contributed by atoms with Gasteiger partial charge in [-0.1, -0.05) is 24.3 Å². The van der Waals surface area contributed by atoms with Crippen LogP contribution in [-0.2, 0) is 13.1 Å². The quantitative estimate of drug-likeness (QED) is 0.855. The van der Waals surface area contributed by atoms with Gasteiger partial charge in [-0.15, -0.1) is 0 Å². The van der Waals surface area contributed by atoms with Crippen LogP contribution in [0.25, 0.3) is 0 Å². The van der Waals surface area contributed by atoms with Crippen LogP contribution in [0.1, 0.15) is 29.7 Å². The summed E-state index contributed by atoms with van der Waals surface area (Å²) in [5.74, 6) is 0. The van der Waals surface area contributed by atoms with Crippen molar-refractivity contribution in [1.29, 1.82) is 5.26 Å². The highest BCUT2D eigenvalue weighted by atomic mass is 16.3. The van der Waals surface area contributed by atoms with Crippen LogP contribution in [0.2, 0.25) is 0 Å². The van der Waals surface area contributed by atoms with Gasteiger partial charge in [-0.25, -0.2) is 4.98 Å².